The van der Waals surface area contributed by atoms with Gasteiger partial charge in [0.1, 0.15) is 12.8 Å². The minimum absolute atomic E-state index is 0. The fraction of sp³-hybridized carbons (Fsp3) is 0.854. The fourth-order valence-electron chi connectivity index (χ4n) is 5.57. The van der Waals surface area contributed by atoms with Crippen LogP contribution in [0.1, 0.15) is 174 Å². The van der Waals surface area contributed by atoms with Gasteiger partial charge >= 0.3 is 29.6 Å². The number of H-pyrrole nitrogens is 1. The second-order valence-corrected chi connectivity index (χ2v) is 29.5. The van der Waals surface area contributed by atoms with Crippen molar-refractivity contribution in [3.05, 3.63) is 33.9 Å². The zero-order chi connectivity index (χ0) is 38.8. The third-order valence-corrected chi connectivity index (χ3v) is 12.0. The quantitative estimate of drug-likeness (QED) is 0.110. The molecule has 2 aromatic heterocycles. The topological polar surface area (TPSA) is 74.2 Å². The number of aromatic amines is 1. The van der Waals surface area contributed by atoms with E-state index in [1.165, 1.54) is 58.8 Å². The molecule has 0 spiro atoms. The molecule has 0 amide bonds. The molecular weight excluding hydrogens is 711 g/mol. The minimum Gasteiger partial charge on any atom is -1.00 e. The molecule has 1 fully saturated rings. The summed E-state index contributed by atoms with van der Waals surface area (Å²) in [5, 5.41) is 12.5. The van der Waals surface area contributed by atoms with Gasteiger partial charge in [-0.05, 0) is 71.6 Å². The second-order valence-electron chi connectivity index (χ2n) is 18.0. The summed E-state index contributed by atoms with van der Waals surface area (Å²) in [5.74, 6) is 3.04. The number of ether oxygens (including phenoxy) is 3. The molecule has 3 rings (SSSR count). The number of nitrogens with zero attached hydrogens (tertiary/aromatic N) is 3. The van der Waals surface area contributed by atoms with Crippen molar-refractivity contribution in [2.45, 2.75) is 197 Å². The maximum Gasteiger partial charge on any atom is 1.00 e. The molecule has 1 saturated heterocycles. The number of aromatic nitrogens is 4. The smallest absolute Gasteiger partial charge is 1.00 e. The normalized spacial score (nSPS) is 13.1. The first kappa shape index (κ1) is 56.4. The van der Waals surface area contributed by atoms with E-state index >= 15 is 0 Å². The van der Waals surface area contributed by atoms with Crippen LogP contribution in [0.25, 0.3) is 0 Å². The van der Waals surface area contributed by atoms with Crippen molar-refractivity contribution in [2.75, 3.05) is 32.5 Å². The average Bonchev–Trinajstić information content (AvgIpc) is 3.75. The number of alkyl halides is 1. The molecule has 52 heavy (non-hydrogen) atoms. The van der Waals surface area contributed by atoms with Gasteiger partial charge in [-0.15, -0.1) is 0 Å². The third-order valence-electron chi connectivity index (χ3n) is 8.40. The van der Waals surface area contributed by atoms with E-state index < -0.39 is 16.1 Å². The Kier molecular flexibility index (Phi) is 30.8. The van der Waals surface area contributed by atoms with Crippen molar-refractivity contribution in [3.63, 3.8) is 0 Å². The summed E-state index contributed by atoms with van der Waals surface area (Å²) in [6.45, 7) is 45.2. The molecule has 304 valence electrons. The largest absolute Gasteiger partial charge is 1.00 e. The summed E-state index contributed by atoms with van der Waals surface area (Å²) < 4.78 is 18.0. The van der Waals surface area contributed by atoms with E-state index in [0.717, 1.165) is 26.4 Å². The van der Waals surface area contributed by atoms with Gasteiger partial charge in [0.15, 0.2) is 0 Å². The van der Waals surface area contributed by atoms with Gasteiger partial charge in [-0.3, -0.25) is 5.10 Å². The van der Waals surface area contributed by atoms with Crippen LogP contribution in [0.2, 0.25) is 51.4 Å². The molecule has 0 aromatic carbocycles. The standard InChI is InChI=1S/C18H36N2OSi.C12H22N2.C6H15ClOSi.C4H8O.CH4.Na.H/c1-13(2)16-17(14(3)4)19-20(18(16)15(5)6)12-21-10-11-22(7,8)9;1-7(2)10-11(8(3)4)13-14-12(10)9(5)6;1-9(2,3)5-4-8-6-7;1-2-4-5-3-1;;;/h13-15H,10-12H2,1-9H3;7-9H,1-6H3,(H,13,14);4-6H2,1-3H3;1-4H2;1H4;;/q;;;;;+1;-1. The van der Waals surface area contributed by atoms with Crippen molar-refractivity contribution in [2.24, 2.45) is 0 Å². The Morgan fingerprint density at radius 2 is 1.15 bits per heavy atom. The molecule has 0 unspecified atom stereocenters. The van der Waals surface area contributed by atoms with Crippen molar-refractivity contribution < 1.29 is 45.2 Å². The molecule has 7 nitrogen and oxygen atoms in total. The maximum absolute atomic E-state index is 5.95. The van der Waals surface area contributed by atoms with Crippen LogP contribution in [-0.2, 0) is 20.9 Å². The molecule has 0 saturated carbocycles. The summed E-state index contributed by atoms with van der Waals surface area (Å²) in [7, 11) is -1.91. The second kappa shape index (κ2) is 28.4. The zero-order valence-electron chi connectivity index (χ0n) is 38.0. The Hall–Kier alpha value is 0.0238. The number of halogens is 1. The molecule has 1 aliphatic rings. The van der Waals surface area contributed by atoms with E-state index in [1.54, 1.807) is 0 Å². The maximum atomic E-state index is 5.95. The molecule has 11 heteroatoms. The van der Waals surface area contributed by atoms with Crippen LogP contribution in [0.15, 0.2) is 0 Å². The van der Waals surface area contributed by atoms with Crippen LogP contribution in [0, 0.1) is 0 Å². The van der Waals surface area contributed by atoms with E-state index in [2.05, 4.69) is 137 Å². The third kappa shape index (κ3) is 23.2. The molecule has 0 atom stereocenters. The van der Waals surface area contributed by atoms with Crippen molar-refractivity contribution in [1.82, 2.24) is 20.0 Å². The first-order valence-electron chi connectivity index (χ1n) is 19.5. The molecule has 0 bridgehead atoms. The zero-order valence-corrected chi connectivity index (χ0v) is 41.7. The molecule has 0 radical (unpaired) electrons. The van der Waals surface area contributed by atoms with Gasteiger partial charge in [-0.25, -0.2) is 4.68 Å². The van der Waals surface area contributed by atoms with Crippen molar-refractivity contribution >= 4 is 27.7 Å². The van der Waals surface area contributed by atoms with E-state index in [9.17, 15) is 0 Å². The van der Waals surface area contributed by atoms with Gasteiger partial charge in [0.2, 0.25) is 0 Å². The Labute approximate surface area is 354 Å². The van der Waals surface area contributed by atoms with Crippen LogP contribution in [0.4, 0.5) is 0 Å². The first-order chi connectivity index (χ1) is 23.1. The number of rotatable bonds is 15. The summed E-state index contributed by atoms with van der Waals surface area (Å²) in [4.78, 5) is 0. The van der Waals surface area contributed by atoms with Crippen molar-refractivity contribution in [1.29, 1.82) is 0 Å². The number of hydrogen-bond acceptors (Lipinski definition) is 5. The van der Waals surface area contributed by atoms with E-state index in [1.807, 2.05) is 0 Å². The van der Waals surface area contributed by atoms with Crippen LogP contribution in [0.3, 0.4) is 0 Å². The summed E-state index contributed by atoms with van der Waals surface area (Å²) >= 11 is 5.32. The summed E-state index contributed by atoms with van der Waals surface area (Å²) in [6, 6.07) is 2.75. The monoisotopic (exact) mass is 797 g/mol. The van der Waals surface area contributed by atoms with Crippen molar-refractivity contribution in [3.8, 4) is 0 Å². The van der Waals surface area contributed by atoms with Crippen LogP contribution in [0.5, 0.6) is 0 Å². The van der Waals surface area contributed by atoms with Gasteiger partial charge in [-0.1, -0.05) is 141 Å². The van der Waals surface area contributed by atoms with Gasteiger partial charge < -0.3 is 15.6 Å². The Morgan fingerprint density at radius 3 is 1.48 bits per heavy atom. The number of hydrogen-bond donors (Lipinski definition) is 1. The first-order valence-corrected chi connectivity index (χ1v) is 27.5. The molecule has 1 aliphatic heterocycles. The van der Waals surface area contributed by atoms with Gasteiger partial charge in [0.05, 0.1) is 11.4 Å². The average molecular weight is 798 g/mol. The Bertz CT molecular complexity index is 1140. The van der Waals surface area contributed by atoms with Crippen LogP contribution in [-0.4, -0.2) is 68.6 Å². The van der Waals surface area contributed by atoms with Crippen LogP contribution < -0.4 is 29.6 Å². The molecule has 2 aromatic rings. The van der Waals surface area contributed by atoms with Gasteiger partial charge in [0, 0.05) is 54.0 Å². The predicted molar refractivity (Wildman–Crippen MR) is 232 cm³/mol. The predicted octanol–water partition coefficient (Wildman–Crippen LogP) is 10.4. The summed E-state index contributed by atoms with van der Waals surface area (Å²) in [5.41, 5.74) is 8.00. The van der Waals surface area contributed by atoms with Crippen LogP contribution >= 0.6 is 11.6 Å². The summed E-state index contributed by atoms with van der Waals surface area (Å²) in [6.07, 6.45) is 2.56. The van der Waals surface area contributed by atoms with Gasteiger partial charge in [-0.2, -0.15) is 10.2 Å². The molecule has 3 heterocycles. The fourth-order valence-corrected chi connectivity index (χ4v) is 7.19. The molecule has 0 aliphatic carbocycles. The molecular formula is C41H86ClN4NaO3Si2. The Morgan fingerprint density at radius 1 is 0.692 bits per heavy atom. The number of nitrogens with one attached hydrogen (secondary N) is 1. The van der Waals surface area contributed by atoms with E-state index in [0.29, 0.717) is 48.3 Å². The SMILES string of the molecule is C.C1CCOC1.CC(C)c1n[nH]c(C(C)C)c1C(C)C.CC(C)c1nn(COCC[Si](C)(C)C)c(C(C)C)c1C(C)C.C[Si](C)(C)CCOCCl.[H-].[Na+]. The van der Waals surface area contributed by atoms with E-state index in [4.69, 9.17) is 30.9 Å². The van der Waals surface area contributed by atoms with Gasteiger partial charge in [0.25, 0.3) is 0 Å². The van der Waals surface area contributed by atoms with E-state index in [-0.39, 0.29) is 38.4 Å². The Balaban J connectivity index is -0.000000332. The molecule has 1 N–H and O–H groups in total. The minimum atomic E-state index is -1.03.